The molecule has 0 heterocycles. The lowest BCUT2D eigenvalue weighted by atomic mass is 10.0. The summed E-state index contributed by atoms with van der Waals surface area (Å²) in [4.78, 5) is 12.2. The van der Waals surface area contributed by atoms with Crippen LogP contribution in [0.2, 0.25) is 0 Å². The molecule has 1 amide bonds. The number of amides is 1. The number of hydrogen-bond donors (Lipinski definition) is 1. The van der Waals surface area contributed by atoms with Crippen LogP contribution in [0.4, 0.5) is 5.69 Å². The van der Waals surface area contributed by atoms with Gasteiger partial charge in [0.05, 0.1) is 18.6 Å². The van der Waals surface area contributed by atoms with Crippen molar-refractivity contribution >= 4 is 21.6 Å². The molecule has 0 saturated carbocycles. The second kappa shape index (κ2) is 10.9. The Balaban J connectivity index is 1.91. The van der Waals surface area contributed by atoms with Crippen LogP contribution in [-0.4, -0.2) is 40.3 Å². The second-order valence-corrected chi connectivity index (χ2v) is 8.86. The van der Waals surface area contributed by atoms with Gasteiger partial charge in [0.15, 0.2) is 0 Å². The van der Waals surface area contributed by atoms with E-state index < -0.39 is 10.0 Å². The third-order valence-corrected chi connectivity index (χ3v) is 5.75. The first-order chi connectivity index (χ1) is 13.8. The van der Waals surface area contributed by atoms with Crippen LogP contribution in [-0.2, 0) is 14.8 Å². The SMILES string of the molecule is CCOc1ccccc1N(CCCC(=O)NC[C@@H](C)c1ccccc1)S(C)(=O)=O. The van der Waals surface area contributed by atoms with Crippen LogP contribution in [0.5, 0.6) is 5.75 Å². The van der Waals surface area contributed by atoms with Gasteiger partial charge in [-0.2, -0.15) is 0 Å². The van der Waals surface area contributed by atoms with Crippen LogP contribution < -0.4 is 14.4 Å². The third-order valence-electron chi connectivity index (χ3n) is 4.57. The average Bonchev–Trinajstić information content (AvgIpc) is 2.70. The fourth-order valence-electron chi connectivity index (χ4n) is 3.04. The van der Waals surface area contributed by atoms with E-state index in [1.165, 1.54) is 9.87 Å². The second-order valence-electron chi connectivity index (χ2n) is 6.96. The van der Waals surface area contributed by atoms with Gasteiger partial charge in [-0.15, -0.1) is 0 Å². The predicted octanol–water partition coefficient (Wildman–Crippen LogP) is 3.55. The van der Waals surface area contributed by atoms with E-state index in [1.54, 1.807) is 24.3 Å². The first-order valence-corrected chi connectivity index (χ1v) is 11.7. The molecule has 158 valence electrons. The molecule has 0 aromatic heterocycles. The van der Waals surface area contributed by atoms with E-state index in [-0.39, 0.29) is 24.8 Å². The summed E-state index contributed by atoms with van der Waals surface area (Å²) in [5.74, 6) is 0.645. The van der Waals surface area contributed by atoms with Crippen LogP contribution >= 0.6 is 0 Å². The molecule has 0 bridgehead atoms. The maximum atomic E-state index is 12.3. The maximum Gasteiger partial charge on any atom is 0.232 e. The zero-order valence-corrected chi connectivity index (χ0v) is 18.1. The fourth-order valence-corrected chi connectivity index (χ4v) is 4.01. The predicted molar refractivity (Wildman–Crippen MR) is 117 cm³/mol. The van der Waals surface area contributed by atoms with Crippen LogP contribution in [0, 0.1) is 0 Å². The number of ether oxygens (including phenoxy) is 1. The first-order valence-electron chi connectivity index (χ1n) is 9.84. The van der Waals surface area contributed by atoms with Crippen molar-refractivity contribution in [2.24, 2.45) is 0 Å². The Hall–Kier alpha value is -2.54. The van der Waals surface area contributed by atoms with E-state index in [0.29, 0.717) is 31.0 Å². The summed E-state index contributed by atoms with van der Waals surface area (Å²) in [5, 5.41) is 2.93. The molecule has 2 aromatic rings. The number of sulfonamides is 1. The lowest BCUT2D eigenvalue weighted by molar-refractivity contribution is -0.121. The highest BCUT2D eigenvalue weighted by molar-refractivity contribution is 7.92. The number of benzene rings is 2. The van der Waals surface area contributed by atoms with E-state index in [2.05, 4.69) is 12.2 Å². The minimum atomic E-state index is -3.50. The van der Waals surface area contributed by atoms with Gasteiger partial charge < -0.3 is 10.1 Å². The third kappa shape index (κ3) is 7.09. The summed E-state index contributed by atoms with van der Waals surface area (Å²) in [6, 6.07) is 17.0. The van der Waals surface area contributed by atoms with Crippen LogP contribution in [0.25, 0.3) is 0 Å². The number of para-hydroxylation sites is 2. The van der Waals surface area contributed by atoms with Gasteiger partial charge in [0.2, 0.25) is 15.9 Å². The highest BCUT2D eigenvalue weighted by Gasteiger charge is 2.21. The first kappa shape index (κ1) is 22.7. The molecule has 1 N–H and O–H groups in total. The van der Waals surface area contributed by atoms with Crippen LogP contribution in [0.15, 0.2) is 54.6 Å². The normalized spacial score (nSPS) is 12.2. The van der Waals surface area contributed by atoms with Crippen LogP contribution in [0.1, 0.15) is 38.2 Å². The van der Waals surface area contributed by atoms with Gasteiger partial charge in [-0.3, -0.25) is 9.10 Å². The Bertz CT molecular complexity index is 885. The van der Waals surface area contributed by atoms with Gasteiger partial charge in [0.1, 0.15) is 5.75 Å². The van der Waals surface area contributed by atoms with E-state index >= 15 is 0 Å². The summed E-state index contributed by atoms with van der Waals surface area (Å²) < 4.78 is 31.5. The Kier molecular flexibility index (Phi) is 8.51. The Labute approximate surface area is 173 Å². The van der Waals surface area contributed by atoms with Gasteiger partial charge in [-0.25, -0.2) is 8.42 Å². The molecule has 1 atom stereocenters. The number of anilines is 1. The number of rotatable bonds is 11. The molecule has 0 aliphatic heterocycles. The molecular formula is C22H30N2O4S. The molecule has 0 saturated heterocycles. The van der Waals surface area contributed by atoms with E-state index in [1.807, 2.05) is 37.3 Å². The Morgan fingerprint density at radius 1 is 1.10 bits per heavy atom. The number of carbonyl (C=O) groups excluding carboxylic acids is 1. The van der Waals surface area contributed by atoms with E-state index in [0.717, 1.165) is 6.26 Å². The van der Waals surface area contributed by atoms with Crippen molar-refractivity contribution in [3.8, 4) is 5.75 Å². The highest BCUT2D eigenvalue weighted by Crippen LogP contribution is 2.30. The van der Waals surface area contributed by atoms with Gasteiger partial charge in [0, 0.05) is 19.5 Å². The maximum absolute atomic E-state index is 12.3. The highest BCUT2D eigenvalue weighted by atomic mass is 32.2. The monoisotopic (exact) mass is 418 g/mol. The van der Waals surface area contributed by atoms with Gasteiger partial charge in [-0.05, 0) is 37.0 Å². The summed E-state index contributed by atoms with van der Waals surface area (Å²) in [6.07, 6.45) is 1.83. The van der Waals surface area contributed by atoms with Crippen molar-refractivity contribution in [3.63, 3.8) is 0 Å². The molecular weight excluding hydrogens is 388 g/mol. The number of hydrogen-bond acceptors (Lipinski definition) is 4. The molecule has 29 heavy (non-hydrogen) atoms. The number of carbonyl (C=O) groups is 1. The molecule has 6 nitrogen and oxygen atoms in total. The summed E-state index contributed by atoms with van der Waals surface area (Å²) >= 11 is 0. The van der Waals surface area contributed by atoms with E-state index in [9.17, 15) is 13.2 Å². The fraction of sp³-hybridized carbons (Fsp3) is 0.409. The lowest BCUT2D eigenvalue weighted by Gasteiger charge is -2.24. The van der Waals surface area contributed by atoms with Crippen molar-refractivity contribution in [1.82, 2.24) is 5.32 Å². The van der Waals surface area contributed by atoms with Gasteiger partial charge in [-0.1, -0.05) is 49.4 Å². The number of nitrogens with zero attached hydrogens (tertiary/aromatic N) is 1. The summed E-state index contributed by atoms with van der Waals surface area (Å²) in [7, 11) is -3.50. The topological polar surface area (TPSA) is 75.7 Å². The molecule has 2 aromatic carbocycles. The summed E-state index contributed by atoms with van der Waals surface area (Å²) in [5.41, 5.74) is 1.67. The van der Waals surface area contributed by atoms with Crippen molar-refractivity contribution in [1.29, 1.82) is 0 Å². The van der Waals surface area contributed by atoms with Crippen LogP contribution in [0.3, 0.4) is 0 Å². The largest absolute Gasteiger partial charge is 0.492 e. The quantitative estimate of drug-likeness (QED) is 0.605. The molecule has 0 unspecified atom stereocenters. The molecule has 0 aliphatic rings. The zero-order valence-electron chi connectivity index (χ0n) is 17.3. The minimum absolute atomic E-state index is 0.0840. The lowest BCUT2D eigenvalue weighted by Crippen LogP contribution is -2.33. The van der Waals surface area contributed by atoms with Crippen molar-refractivity contribution in [2.75, 3.05) is 30.3 Å². The Morgan fingerprint density at radius 3 is 2.41 bits per heavy atom. The molecule has 0 aliphatic carbocycles. The van der Waals surface area contributed by atoms with Crippen molar-refractivity contribution < 1.29 is 17.9 Å². The van der Waals surface area contributed by atoms with E-state index in [4.69, 9.17) is 4.74 Å². The molecule has 0 spiro atoms. The smallest absolute Gasteiger partial charge is 0.232 e. The molecule has 0 radical (unpaired) electrons. The zero-order chi connectivity index (χ0) is 21.3. The Morgan fingerprint density at radius 2 is 1.76 bits per heavy atom. The van der Waals surface area contributed by atoms with Crippen molar-refractivity contribution in [3.05, 3.63) is 60.2 Å². The molecule has 0 fully saturated rings. The van der Waals surface area contributed by atoms with Gasteiger partial charge in [0.25, 0.3) is 0 Å². The number of nitrogens with one attached hydrogen (secondary N) is 1. The minimum Gasteiger partial charge on any atom is -0.492 e. The summed E-state index contributed by atoms with van der Waals surface area (Å²) in [6.45, 7) is 5.11. The standard InChI is InChI=1S/C22H30N2O4S/c1-4-28-21-14-9-8-13-20(21)24(29(3,26)27)16-10-15-22(25)23-17-18(2)19-11-6-5-7-12-19/h5-9,11-14,18H,4,10,15-17H2,1-3H3,(H,23,25)/t18-/m1/s1. The van der Waals surface area contributed by atoms with Crippen molar-refractivity contribution in [2.45, 2.75) is 32.6 Å². The average molecular weight is 419 g/mol. The van der Waals surface area contributed by atoms with Gasteiger partial charge >= 0.3 is 0 Å². The molecule has 2 rings (SSSR count). The molecule has 7 heteroatoms.